The molecule has 0 N–H and O–H groups in total. The van der Waals surface area contributed by atoms with Gasteiger partial charge in [-0.25, -0.2) is 0 Å². The number of carbonyl (C=O) groups excluding carboxylic acids is 1. The summed E-state index contributed by atoms with van der Waals surface area (Å²) in [6.45, 7) is 5.44. The molecule has 1 fully saturated rings. The van der Waals surface area contributed by atoms with E-state index in [4.69, 9.17) is 4.74 Å². The van der Waals surface area contributed by atoms with Crippen molar-refractivity contribution in [1.29, 1.82) is 0 Å². The number of carbonyl (C=O) groups is 1. The van der Waals surface area contributed by atoms with Crippen molar-refractivity contribution in [1.82, 2.24) is 4.90 Å². The van der Waals surface area contributed by atoms with Crippen molar-refractivity contribution in [3.63, 3.8) is 0 Å². The predicted molar refractivity (Wildman–Crippen MR) is 88.7 cm³/mol. The van der Waals surface area contributed by atoms with Crippen LogP contribution in [0.2, 0.25) is 0 Å². The van der Waals surface area contributed by atoms with Gasteiger partial charge < -0.3 is 4.74 Å². The number of rotatable bonds is 6. The first-order valence-electron chi connectivity index (χ1n) is 8.17. The van der Waals surface area contributed by atoms with Gasteiger partial charge >= 0.3 is 5.97 Å². The average Bonchev–Trinajstić information content (AvgIpc) is 3.27. The fraction of sp³-hybridized carbons (Fsp3) is 0.421. The first-order valence-corrected chi connectivity index (χ1v) is 8.17. The van der Waals surface area contributed by atoms with E-state index < -0.39 is 0 Å². The van der Waals surface area contributed by atoms with Gasteiger partial charge in [-0.05, 0) is 42.3 Å². The highest BCUT2D eigenvalue weighted by Gasteiger charge is 2.53. The van der Waals surface area contributed by atoms with Crippen LogP contribution in [0.3, 0.4) is 0 Å². The topological polar surface area (TPSA) is 29.3 Å². The van der Waals surface area contributed by atoms with Gasteiger partial charge in [0.25, 0.3) is 0 Å². The van der Waals surface area contributed by atoms with Gasteiger partial charge in [0.05, 0.1) is 12.6 Å². The molecule has 0 saturated carbocycles. The molecule has 0 radical (unpaired) electrons. The van der Waals surface area contributed by atoms with Crippen LogP contribution >= 0.6 is 0 Å². The van der Waals surface area contributed by atoms with Gasteiger partial charge in [0.2, 0.25) is 0 Å². The molecule has 0 amide bonds. The Labute approximate surface area is 131 Å². The lowest BCUT2D eigenvalue weighted by Crippen LogP contribution is -2.16. The fourth-order valence-electron chi connectivity index (χ4n) is 3.15. The quantitative estimate of drug-likeness (QED) is 0.597. The second-order valence-electron chi connectivity index (χ2n) is 5.84. The van der Waals surface area contributed by atoms with E-state index in [-0.39, 0.29) is 18.1 Å². The van der Waals surface area contributed by atoms with Crippen LogP contribution in [-0.2, 0) is 9.53 Å². The normalized spacial score (nSPS) is 23.5. The minimum absolute atomic E-state index is 0.0863. The minimum atomic E-state index is -0.104. The maximum Gasteiger partial charge on any atom is 0.325 e. The number of benzene rings is 2. The van der Waals surface area contributed by atoms with Crippen molar-refractivity contribution >= 4 is 16.7 Å². The van der Waals surface area contributed by atoms with E-state index in [0.29, 0.717) is 6.61 Å². The highest BCUT2D eigenvalue weighted by atomic mass is 16.5. The zero-order valence-electron chi connectivity index (χ0n) is 13.3. The molecule has 0 bridgehead atoms. The van der Waals surface area contributed by atoms with Crippen molar-refractivity contribution in [2.45, 2.75) is 38.8 Å². The van der Waals surface area contributed by atoms with Gasteiger partial charge in [-0.15, -0.1) is 0 Å². The first kappa shape index (κ1) is 15.0. The molecular weight excluding hydrogens is 274 g/mol. The summed E-state index contributed by atoms with van der Waals surface area (Å²) in [5.74, 6) is -0.0863. The van der Waals surface area contributed by atoms with Gasteiger partial charge in [-0.1, -0.05) is 49.7 Å². The lowest BCUT2D eigenvalue weighted by Gasteiger charge is -2.04. The number of unbranched alkanes of at least 4 members (excludes halogenated alkanes) is 1. The van der Waals surface area contributed by atoms with Gasteiger partial charge in [0.15, 0.2) is 0 Å². The number of ether oxygens (including phenoxy) is 1. The maximum atomic E-state index is 12.2. The van der Waals surface area contributed by atoms with Crippen LogP contribution in [0.15, 0.2) is 42.5 Å². The molecule has 1 saturated heterocycles. The molecule has 0 spiro atoms. The molecule has 2 aromatic carbocycles. The molecule has 1 aliphatic rings. The number of hydrogen-bond acceptors (Lipinski definition) is 3. The second kappa shape index (κ2) is 6.49. The lowest BCUT2D eigenvalue weighted by molar-refractivity contribution is -0.143. The monoisotopic (exact) mass is 297 g/mol. The van der Waals surface area contributed by atoms with Gasteiger partial charge in [-0.2, -0.15) is 0 Å². The van der Waals surface area contributed by atoms with Crippen molar-refractivity contribution in [2.24, 2.45) is 0 Å². The van der Waals surface area contributed by atoms with E-state index in [9.17, 15) is 4.79 Å². The van der Waals surface area contributed by atoms with E-state index >= 15 is 0 Å². The summed E-state index contributed by atoms with van der Waals surface area (Å²) in [5, 5.41) is 2.46. The van der Waals surface area contributed by atoms with Crippen LogP contribution in [0.1, 0.15) is 38.3 Å². The molecule has 22 heavy (non-hydrogen) atoms. The van der Waals surface area contributed by atoms with Crippen molar-refractivity contribution in [3.05, 3.63) is 48.0 Å². The number of fused-ring (bicyclic) bond motifs is 1. The predicted octanol–water partition coefficient (Wildman–Crippen LogP) is 3.93. The van der Waals surface area contributed by atoms with E-state index in [0.717, 1.165) is 19.4 Å². The van der Waals surface area contributed by atoms with E-state index in [2.05, 4.69) is 48.2 Å². The summed E-state index contributed by atoms with van der Waals surface area (Å²) in [5.41, 5.74) is 1.22. The third-order valence-electron chi connectivity index (χ3n) is 4.34. The Morgan fingerprint density at radius 1 is 1.14 bits per heavy atom. The molecule has 1 aliphatic heterocycles. The van der Waals surface area contributed by atoms with Crippen molar-refractivity contribution < 1.29 is 9.53 Å². The second-order valence-corrected chi connectivity index (χ2v) is 5.84. The van der Waals surface area contributed by atoms with E-state index in [1.165, 1.54) is 16.3 Å². The average molecular weight is 297 g/mol. The van der Waals surface area contributed by atoms with Crippen molar-refractivity contribution in [3.8, 4) is 0 Å². The van der Waals surface area contributed by atoms with Gasteiger partial charge in [0, 0.05) is 0 Å². The summed E-state index contributed by atoms with van der Waals surface area (Å²) < 4.78 is 5.23. The minimum Gasteiger partial charge on any atom is -0.465 e. The Kier molecular flexibility index (Phi) is 4.44. The smallest absolute Gasteiger partial charge is 0.325 e. The molecule has 1 unspecified atom stereocenters. The Hall–Kier alpha value is -1.87. The largest absolute Gasteiger partial charge is 0.465 e. The van der Waals surface area contributed by atoms with Gasteiger partial charge in [-0.3, -0.25) is 9.69 Å². The summed E-state index contributed by atoms with van der Waals surface area (Å²) in [6.07, 6.45) is 2.25. The lowest BCUT2D eigenvalue weighted by atomic mass is 10.0. The summed E-state index contributed by atoms with van der Waals surface area (Å²) in [6, 6.07) is 14.9. The zero-order chi connectivity index (χ0) is 15.5. The Bertz CT molecular complexity index is 667. The molecule has 1 heterocycles. The van der Waals surface area contributed by atoms with Crippen LogP contribution in [0.4, 0.5) is 0 Å². The molecule has 2 aromatic rings. The molecule has 3 atom stereocenters. The molecule has 3 heteroatoms. The third-order valence-corrected chi connectivity index (χ3v) is 4.34. The molecule has 3 nitrogen and oxygen atoms in total. The number of hydrogen-bond donors (Lipinski definition) is 0. The van der Waals surface area contributed by atoms with Crippen LogP contribution in [0.5, 0.6) is 0 Å². The SMILES string of the molecule is CCCCN1[C@@H](C(=O)OCC)[C@@H]1c1ccc2ccccc2c1. The summed E-state index contributed by atoms with van der Waals surface area (Å²) >= 11 is 0. The fourth-order valence-corrected chi connectivity index (χ4v) is 3.15. The molecular formula is C19H23NO2. The van der Waals surface area contributed by atoms with Crippen molar-refractivity contribution in [2.75, 3.05) is 13.2 Å². The molecule has 116 valence electrons. The highest BCUT2D eigenvalue weighted by molar-refractivity contribution is 5.85. The molecule has 0 aliphatic carbocycles. The summed E-state index contributed by atoms with van der Waals surface area (Å²) in [7, 11) is 0. The van der Waals surface area contributed by atoms with E-state index in [1.807, 2.05) is 13.0 Å². The Balaban J connectivity index is 1.84. The van der Waals surface area contributed by atoms with Crippen LogP contribution < -0.4 is 0 Å². The van der Waals surface area contributed by atoms with Crippen LogP contribution in [0, 0.1) is 0 Å². The first-order chi connectivity index (χ1) is 10.8. The van der Waals surface area contributed by atoms with E-state index in [1.54, 1.807) is 0 Å². The Morgan fingerprint density at radius 3 is 2.64 bits per heavy atom. The zero-order valence-corrected chi connectivity index (χ0v) is 13.3. The maximum absolute atomic E-state index is 12.2. The number of nitrogens with zero attached hydrogens (tertiary/aromatic N) is 1. The van der Waals surface area contributed by atoms with Crippen LogP contribution in [0.25, 0.3) is 10.8 Å². The third kappa shape index (κ3) is 2.86. The number of esters is 1. The van der Waals surface area contributed by atoms with Gasteiger partial charge in [0.1, 0.15) is 6.04 Å². The Morgan fingerprint density at radius 2 is 1.91 bits per heavy atom. The molecule has 3 rings (SSSR count). The molecule has 0 aromatic heterocycles. The standard InChI is InChI=1S/C19H23NO2/c1-3-5-12-20-17(18(20)19(21)22-4-2)16-11-10-14-8-6-7-9-15(14)13-16/h6-11,13,17-18H,3-5,12H2,1-2H3/t17-,18+,20?/m0/s1. The highest BCUT2D eigenvalue weighted by Crippen LogP contribution is 2.44. The summed E-state index contributed by atoms with van der Waals surface area (Å²) in [4.78, 5) is 14.4. The van der Waals surface area contributed by atoms with Crippen LogP contribution in [-0.4, -0.2) is 30.1 Å².